The van der Waals surface area contributed by atoms with E-state index in [1.165, 1.54) is 11.3 Å². The first kappa shape index (κ1) is 14.9. The topological polar surface area (TPSA) is 38.3 Å². The quantitative estimate of drug-likeness (QED) is 0.847. The van der Waals surface area contributed by atoms with Crippen LogP contribution in [-0.2, 0) is 4.74 Å². The van der Waals surface area contributed by atoms with Gasteiger partial charge in [-0.3, -0.25) is 4.79 Å². The zero-order chi connectivity index (χ0) is 14.0. The van der Waals surface area contributed by atoms with E-state index in [-0.39, 0.29) is 5.91 Å². The Morgan fingerprint density at radius 2 is 2.11 bits per heavy atom. The van der Waals surface area contributed by atoms with E-state index in [9.17, 15) is 4.79 Å². The molecule has 0 radical (unpaired) electrons. The summed E-state index contributed by atoms with van der Waals surface area (Å²) in [6.45, 7) is 0.870. The van der Waals surface area contributed by atoms with E-state index in [1.807, 2.05) is 0 Å². The molecule has 1 amide bonds. The second kappa shape index (κ2) is 6.29. The summed E-state index contributed by atoms with van der Waals surface area (Å²) < 4.78 is 5.66. The van der Waals surface area contributed by atoms with Gasteiger partial charge in [0.05, 0.1) is 16.7 Å². The van der Waals surface area contributed by atoms with Crippen LogP contribution in [0.5, 0.6) is 0 Å². The van der Waals surface area contributed by atoms with Crippen LogP contribution < -0.4 is 5.32 Å². The fourth-order valence-electron chi connectivity index (χ4n) is 1.60. The number of hydrogen-bond donors (Lipinski definition) is 1. The number of carbonyl (C=O) groups excluding carboxylic acids is 1. The van der Waals surface area contributed by atoms with E-state index in [0.29, 0.717) is 38.5 Å². The monoisotopic (exact) mass is 337 g/mol. The third-order valence-corrected chi connectivity index (χ3v) is 4.59. The Morgan fingerprint density at radius 3 is 2.79 bits per heavy atom. The first-order chi connectivity index (χ1) is 9.04. The molecule has 1 aromatic heterocycles. The Morgan fingerprint density at radius 1 is 1.37 bits per heavy atom. The minimum atomic E-state index is -0.240. The van der Waals surface area contributed by atoms with Gasteiger partial charge in [-0.2, -0.15) is 0 Å². The van der Waals surface area contributed by atoms with E-state index < -0.39 is 0 Å². The maximum atomic E-state index is 12.0. The summed E-state index contributed by atoms with van der Waals surface area (Å²) >= 11 is 19.5. The number of rotatable bonds is 4. The average molecular weight is 339 g/mol. The van der Waals surface area contributed by atoms with Crippen LogP contribution >= 0.6 is 46.1 Å². The number of ether oxygens (including phenoxy) is 1. The number of fused-ring (bicyclic) bond motifs is 1. The van der Waals surface area contributed by atoms with Crippen molar-refractivity contribution in [3.05, 3.63) is 32.1 Å². The standard InChI is InChI=1S/C12H10Cl3NO2S/c1-18-3-2-16-12(17)11-10(15)9-7(14)4-6(13)5-8(9)19-11/h4-5H,2-3H2,1H3,(H,16,17). The number of nitrogens with one attached hydrogen (secondary N) is 1. The summed E-state index contributed by atoms with van der Waals surface area (Å²) in [5, 5.41) is 4.70. The number of thiophene rings is 1. The number of methoxy groups -OCH3 is 1. The summed E-state index contributed by atoms with van der Waals surface area (Å²) in [7, 11) is 1.57. The zero-order valence-electron chi connectivity index (χ0n) is 9.93. The first-order valence-electron chi connectivity index (χ1n) is 5.38. The Labute approximate surface area is 129 Å². The second-order valence-corrected chi connectivity index (χ2v) is 6.03. The van der Waals surface area contributed by atoms with Gasteiger partial charge in [-0.05, 0) is 12.1 Å². The Hall–Kier alpha value is -0.520. The molecule has 0 spiro atoms. The van der Waals surface area contributed by atoms with Crippen molar-refractivity contribution in [2.45, 2.75) is 0 Å². The maximum absolute atomic E-state index is 12.0. The van der Waals surface area contributed by atoms with Crippen molar-refractivity contribution in [1.82, 2.24) is 5.32 Å². The lowest BCUT2D eigenvalue weighted by atomic mass is 10.2. The number of halogens is 3. The average Bonchev–Trinajstić information content (AvgIpc) is 2.66. The molecule has 0 atom stereocenters. The molecule has 0 bridgehead atoms. The lowest BCUT2D eigenvalue weighted by Gasteiger charge is -2.02. The summed E-state index contributed by atoms with van der Waals surface area (Å²) in [5.41, 5.74) is 0. The highest BCUT2D eigenvalue weighted by atomic mass is 35.5. The molecular weight excluding hydrogens is 329 g/mol. The summed E-state index contributed by atoms with van der Waals surface area (Å²) in [6.07, 6.45) is 0. The van der Waals surface area contributed by atoms with Crippen LogP contribution in [0, 0.1) is 0 Å². The third-order valence-electron chi connectivity index (χ3n) is 2.45. The minimum Gasteiger partial charge on any atom is -0.383 e. The lowest BCUT2D eigenvalue weighted by Crippen LogP contribution is -2.26. The third kappa shape index (κ3) is 3.15. The summed E-state index contributed by atoms with van der Waals surface area (Å²) in [5.74, 6) is -0.240. The van der Waals surface area contributed by atoms with E-state index in [4.69, 9.17) is 39.5 Å². The van der Waals surface area contributed by atoms with Gasteiger partial charge in [0.1, 0.15) is 4.88 Å². The van der Waals surface area contributed by atoms with Gasteiger partial charge in [-0.1, -0.05) is 34.8 Å². The predicted octanol–water partition coefficient (Wildman–Crippen LogP) is 4.24. The minimum absolute atomic E-state index is 0.240. The molecule has 0 saturated heterocycles. The van der Waals surface area contributed by atoms with E-state index >= 15 is 0 Å². The van der Waals surface area contributed by atoms with Crippen molar-refractivity contribution in [3.8, 4) is 0 Å². The van der Waals surface area contributed by atoms with Crippen LogP contribution in [0.2, 0.25) is 15.1 Å². The smallest absolute Gasteiger partial charge is 0.263 e. The molecule has 7 heteroatoms. The maximum Gasteiger partial charge on any atom is 0.263 e. The van der Waals surface area contributed by atoms with Gasteiger partial charge in [0, 0.05) is 28.8 Å². The van der Waals surface area contributed by atoms with Crippen LogP contribution in [0.4, 0.5) is 0 Å². The largest absolute Gasteiger partial charge is 0.383 e. The van der Waals surface area contributed by atoms with Crippen molar-refractivity contribution in [3.63, 3.8) is 0 Å². The van der Waals surface area contributed by atoms with Crippen LogP contribution in [0.1, 0.15) is 9.67 Å². The van der Waals surface area contributed by atoms with Crippen molar-refractivity contribution < 1.29 is 9.53 Å². The molecule has 0 unspecified atom stereocenters. The van der Waals surface area contributed by atoms with E-state index in [1.54, 1.807) is 19.2 Å². The lowest BCUT2D eigenvalue weighted by molar-refractivity contribution is 0.0941. The second-order valence-electron chi connectivity index (χ2n) is 3.75. The molecule has 3 nitrogen and oxygen atoms in total. The fourth-order valence-corrected chi connectivity index (χ4v) is 3.90. The van der Waals surface area contributed by atoms with Crippen molar-refractivity contribution in [2.24, 2.45) is 0 Å². The van der Waals surface area contributed by atoms with Crippen LogP contribution in [0.15, 0.2) is 12.1 Å². The van der Waals surface area contributed by atoms with Crippen LogP contribution in [0.25, 0.3) is 10.1 Å². The van der Waals surface area contributed by atoms with Gasteiger partial charge in [0.25, 0.3) is 5.91 Å². The van der Waals surface area contributed by atoms with Gasteiger partial charge in [0.2, 0.25) is 0 Å². The Bertz CT molecular complexity index is 627. The van der Waals surface area contributed by atoms with Gasteiger partial charge in [0.15, 0.2) is 0 Å². The molecule has 102 valence electrons. The molecule has 2 rings (SSSR count). The van der Waals surface area contributed by atoms with E-state index in [0.717, 1.165) is 4.70 Å². The Balaban J connectivity index is 2.37. The molecule has 0 fully saturated rings. The fraction of sp³-hybridized carbons (Fsp3) is 0.250. The Kier molecular flexibility index (Phi) is 4.92. The van der Waals surface area contributed by atoms with Gasteiger partial charge in [-0.25, -0.2) is 0 Å². The molecule has 0 aliphatic heterocycles. The number of benzene rings is 1. The van der Waals surface area contributed by atoms with Crippen LogP contribution in [0.3, 0.4) is 0 Å². The molecule has 19 heavy (non-hydrogen) atoms. The number of carbonyl (C=O) groups is 1. The van der Waals surface area contributed by atoms with Gasteiger partial charge >= 0.3 is 0 Å². The molecular formula is C12H10Cl3NO2S. The molecule has 2 aromatic rings. The van der Waals surface area contributed by atoms with Crippen LogP contribution in [-0.4, -0.2) is 26.2 Å². The van der Waals surface area contributed by atoms with Crippen molar-refractivity contribution in [2.75, 3.05) is 20.3 Å². The molecule has 1 heterocycles. The summed E-state index contributed by atoms with van der Waals surface area (Å²) in [4.78, 5) is 12.4. The SMILES string of the molecule is COCCNC(=O)c1sc2cc(Cl)cc(Cl)c2c1Cl. The number of amides is 1. The zero-order valence-corrected chi connectivity index (χ0v) is 13.0. The highest BCUT2D eigenvalue weighted by Crippen LogP contribution is 2.41. The molecule has 0 saturated carbocycles. The normalized spacial score (nSPS) is 10.9. The molecule has 0 aliphatic rings. The van der Waals surface area contributed by atoms with Gasteiger partial charge < -0.3 is 10.1 Å². The summed E-state index contributed by atoms with van der Waals surface area (Å²) in [6, 6.07) is 3.35. The molecule has 1 N–H and O–H groups in total. The predicted molar refractivity (Wildman–Crippen MR) is 81.1 cm³/mol. The first-order valence-corrected chi connectivity index (χ1v) is 7.33. The highest BCUT2D eigenvalue weighted by molar-refractivity contribution is 7.21. The van der Waals surface area contributed by atoms with E-state index in [2.05, 4.69) is 5.32 Å². The van der Waals surface area contributed by atoms with Crippen molar-refractivity contribution in [1.29, 1.82) is 0 Å². The molecule has 1 aromatic carbocycles. The highest BCUT2D eigenvalue weighted by Gasteiger charge is 2.19. The van der Waals surface area contributed by atoms with Gasteiger partial charge in [-0.15, -0.1) is 11.3 Å². The molecule has 0 aliphatic carbocycles. The number of hydrogen-bond acceptors (Lipinski definition) is 3. The van der Waals surface area contributed by atoms with Crippen molar-refractivity contribution >= 4 is 62.1 Å².